The molecule has 0 aliphatic carbocycles. The van der Waals surface area contributed by atoms with Gasteiger partial charge in [0.15, 0.2) is 5.82 Å². The number of rotatable bonds is 5. The lowest BCUT2D eigenvalue weighted by atomic mass is 9.93. The highest BCUT2D eigenvalue weighted by atomic mass is 19.4. The number of carbonyl (C=O) groups is 1. The van der Waals surface area contributed by atoms with Crippen molar-refractivity contribution in [3.05, 3.63) is 12.3 Å². The number of aryl methyl sites for hydroxylation is 1. The molecule has 0 atom stereocenters. The van der Waals surface area contributed by atoms with E-state index in [4.69, 9.17) is 0 Å². The summed E-state index contributed by atoms with van der Waals surface area (Å²) >= 11 is 0. The summed E-state index contributed by atoms with van der Waals surface area (Å²) in [5.41, 5.74) is 0. The summed E-state index contributed by atoms with van der Waals surface area (Å²) < 4.78 is 38.5. The first-order valence-electron chi connectivity index (χ1n) is 7.65. The van der Waals surface area contributed by atoms with Gasteiger partial charge in [-0.15, -0.1) is 0 Å². The second-order valence-corrected chi connectivity index (χ2v) is 5.88. The van der Waals surface area contributed by atoms with Crippen molar-refractivity contribution in [1.29, 1.82) is 0 Å². The Morgan fingerprint density at radius 1 is 1.39 bits per heavy atom. The number of anilines is 1. The molecule has 1 aliphatic heterocycles. The number of amides is 2. The van der Waals surface area contributed by atoms with E-state index in [0.717, 1.165) is 19.3 Å². The van der Waals surface area contributed by atoms with Crippen molar-refractivity contribution in [3.8, 4) is 0 Å². The first kappa shape index (κ1) is 17.6. The number of piperidine rings is 1. The summed E-state index contributed by atoms with van der Waals surface area (Å²) in [6, 6.07) is 1.37. The monoisotopic (exact) mass is 333 g/mol. The molecule has 0 bridgehead atoms. The van der Waals surface area contributed by atoms with Crippen molar-refractivity contribution in [3.63, 3.8) is 0 Å². The molecule has 1 fully saturated rings. The Balaban J connectivity index is 1.59. The number of nitrogens with one attached hydrogen (secondary N) is 2. The first-order chi connectivity index (χ1) is 10.8. The Morgan fingerprint density at radius 2 is 2.09 bits per heavy atom. The van der Waals surface area contributed by atoms with Gasteiger partial charge in [-0.2, -0.15) is 18.3 Å². The van der Waals surface area contributed by atoms with Gasteiger partial charge in [0.05, 0.1) is 6.54 Å². The molecular formula is C14H22F3N5O. The zero-order valence-corrected chi connectivity index (χ0v) is 13.1. The van der Waals surface area contributed by atoms with E-state index in [-0.39, 0.29) is 6.03 Å². The number of carbonyl (C=O) groups excluding carboxylic acids is 1. The maximum atomic E-state index is 12.3. The van der Waals surface area contributed by atoms with Gasteiger partial charge in [-0.05, 0) is 38.3 Å². The van der Waals surface area contributed by atoms with Crippen LogP contribution in [0.5, 0.6) is 0 Å². The molecule has 2 heterocycles. The van der Waals surface area contributed by atoms with Gasteiger partial charge in [0.25, 0.3) is 0 Å². The summed E-state index contributed by atoms with van der Waals surface area (Å²) in [4.78, 5) is 13.1. The SMILES string of the molecule is Cn1ccc(NC(=O)NCCC2CCN(CC(F)(F)F)CC2)n1. The molecule has 0 radical (unpaired) electrons. The number of aromatic nitrogens is 2. The van der Waals surface area contributed by atoms with Crippen LogP contribution in [0.15, 0.2) is 12.3 Å². The third kappa shape index (κ3) is 6.47. The van der Waals surface area contributed by atoms with E-state index < -0.39 is 12.7 Å². The predicted molar refractivity (Wildman–Crippen MR) is 80.1 cm³/mol. The van der Waals surface area contributed by atoms with E-state index in [0.29, 0.717) is 31.4 Å². The largest absolute Gasteiger partial charge is 0.401 e. The topological polar surface area (TPSA) is 62.2 Å². The van der Waals surface area contributed by atoms with Gasteiger partial charge in [-0.3, -0.25) is 14.9 Å². The van der Waals surface area contributed by atoms with Crippen LogP contribution in [0.3, 0.4) is 0 Å². The van der Waals surface area contributed by atoms with Gasteiger partial charge in [-0.25, -0.2) is 4.79 Å². The lowest BCUT2D eigenvalue weighted by molar-refractivity contribution is -0.148. The van der Waals surface area contributed by atoms with E-state index >= 15 is 0 Å². The summed E-state index contributed by atoms with van der Waals surface area (Å²) in [7, 11) is 1.76. The summed E-state index contributed by atoms with van der Waals surface area (Å²) in [5.74, 6) is 0.833. The number of hydrogen-bond donors (Lipinski definition) is 2. The maximum absolute atomic E-state index is 12.3. The quantitative estimate of drug-likeness (QED) is 0.868. The average molecular weight is 333 g/mol. The molecule has 23 heavy (non-hydrogen) atoms. The fourth-order valence-corrected chi connectivity index (χ4v) is 2.72. The van der Waals surface area contributed by atoms with Gasteiger partial charge in [-0.1, -0.05) is 0 Å². The molecule has 0 saturated carbocycles. The molecule has 9 heteroatoms. The lowest BCUT2D eigenvalue weighted by Crippen LogP contribution is -2.40. The number of likely N-dealkylation sites (tertiary alicyclic amines) is 1. The van der Waals surface area contributed by atoms with Crippen molar-refractivity contribution in [2.24, 2.45) is 13.0 Å². The van der Waals surface area contributed by atoms with E-state index in [2.05, 4.69) is 15.7 Å². The highest BCUT2D eigenvalue weighted by Gasteiger charge is 2.32. The van der Waals surface area contributed by atoms with Crippen molar-refractivity contribution in [2.45, 2.75) is 25.4 Å². The van der Waals surface area contributed by atoms with Crippen LogP contribution in [-0.2, 0) is 7.05 Å². The number of alkyl halides is 3. The number of hydrogen-bond acceptors (Lipinski definition) is 3. The Kier molecular flexibility index (Phi) is 5.86. The smallest absolute Gasteiger partial charge is 0.338 e. The summed E-state index contributed by atoms with van der Waals surface area (Å²) in [5, 5.41) is 9.40. The van der Waals surface area contributed by atoms with Crippen LogP contribution in [0.1, 0.15) is 19.3 Å². The van der Waals surface area contributed by atoms with Crippen LogP contribution in [0.4, 0.5) is 23.8 Å². The summed E-state index contributed by atoms with van der Waals surface area (Å²) in [6.45, 7) is 0.599. The van der Waals surface area contributed by atoms with Crippen LogP contribution in [0.25, 0.3) is 0 Å². The minimum Gasteiger partial charge on any atom is -0.338 e. The van der Waals surface area contributed by atoms with Crippen LogP contribution in [0.2, 0.25) is 0 Å². The molecule has 2 amide bonds. The van der Waals surface area contributed by atoms with E-state index in [1.807, 2.05) is 0 Å². The maximum Gasteiger partial charge on any atom is 0.401 e. The molecule has 1 saturated heterocycles. The second kappa shape index (κ2) is 7.67. The molecule has 130 valence electrons. The minimum atomic E-state index is -4.13. The van der Waals surface area contributed by atoms with E-state index in [9.17, 15) is 18.0 Å². The Hall–Kier alpha value is -1.77. The lowest BCUT2D eigenvalue weighted by Gasteiger charge is -2.32. The Labute approximate surface area is 133 Å². The third-order valence-corrected chi connectivity index (χ3v) is 3.90. The molecule has 0 aromatic carbocycles. The normalized spacial score (nSPS) is 17.2. The van der Waals surface area contributed by atoms with Crippen molar-refractivity contribution in [1.82, 2.24) is 20.0 Å². The van der Waals surface area contributed by atoms with Gasteiger partial charge in [0.2, 0.25) is 0 Å². The zero-order valence-electron chi connectivity index (χ0n) is 13.1. The predicted octanol–water partition coefficient (Wildman–Crippen LogP) is 2.21. The third-order valence-electron chi connectivity index (χ3n) is 3.90. The molecule has 1 aromatic rings. The van der Waals surface area contributed by atoms with E-state index in [1.165, 1.54) is 4.90 Å². The van der Waals surface area contributed by atoms with E-state index in [1.54, 1.807) is 24.0 Å². The fraction of sp³-hybridized carbons (Fsp3) is 0.714. The molecule has 0 unspecified atom stereocenters. The van der Waals surface area contributed by atoms with Crippen molar-refractivity contribution >= 4 is 11.8 Å². The van der Waals surface area contributed by atoms with Gasteiger partial charge in [0.1, 0.15) is 0 Å². The second-order valence-electron chi connectivity index (χ2n) is 5.88. The Bertz CT molecular complexity index is 509. The minimum absolute atomic E-state index is 0.321. The molecule has 2 rings (SSSR count). The molecular weight excluding hydrogens is 311 g/mol. The molecule has 2 N–H and O–H groups in total. The average Bonchev–Trinajstić information content (AvgIpc) is 2.84. The Morgan fingerprint density at radius 3 is 2.65 bits per heavy atom. The number of urea groups is 1. The highest BCUT2D eigenvalue weighted by Crippen LogP contribution is 2.23. The fourth-order valence-electron chi connectivity index (χ4n) is 2.72. The zero-order chi connectivity index (χ0) is 16.9. The van der Waals surface area contributed by atoms with Crippen molar-refractivity contribution in [2.75, 3.05) is 31.5 Å². The van der Waals surface area contributed by atoms with Crippen LogP contribution in [0, 0.1) is 5.92 Å². The molecule has 1 aliphatic rings. The van der Waals surface area contributed by atoms with Gasteiger partial charge >= 0.3 is 12.2 Å². The highest BCUT2D eigenvalue weighted by molar-refractivity contribution is 5.88. The van der Waals surface area contributed by atoms with Gasteiger partial charge < -0.3 is 5.32 Å². The van der Waals surface area contributed by atoms with Crippen LogP contribution < -0.4 is 10.6 Å². The molecule has 1 aromatic heterocycles. The van der Waals surface area contributed by atoms with Crippen LogP contribution >= 0.6 is 0 Å². The molecule has 0 spiro atoms. The summed E-state index contributed by atoms with van der Waals surface area (Å²) in [6.07, 6.45) is -0.156. The number of nitrogens with zero attached hydrogens (tertiary/aromatic N) is 3. The standard InChI is InChI=1S/C14H22F3N5O/c1-21-7-5-12(20-21)19-13(23)18-6-2-11-3-8-22(9-4-11)10-14(15,16)17/h5,7,11H,2-4,6,8-10H2,1H3,(H2,18,19,20,23). The van der Waals surface area contributed by atoms with Gasteiger partial charge in [0, 0.05) is 25.9 Å². The first-order valence-corrected chi connectivity index (χ1v) is 7.65. The van der Waals surface area contributed by atoms with Crippen molar-refractivity contribution < 1.29 is 18.0 Å². The number of halogens is 3. The van der Waals surface area contributed by atoms with Crippen LogP contribution in [-0.4, -0.2) is 53.1 Å². The molecule has 6 nitrogen and oxygen atoms in total.